The number of anilines is 1. The summed E-state index contributed by atoms with van der Waals surface area (Å²) in [5.74, 6) is -0.191. The predicted octanol–water partition coefficient (Wildman–Crippen LogP) is 3.45. The van der Waals surface area contributed by atoms with Gasteiger partial charge in [-0.1, -0.05) is 12.1 Å². The average molecular weight is 427 g/mol. The Balaban J connectivity index is 1.67. The van der Waals surface area contributed by atoms with Gasteiger partial charge >= 0.3 is 6.18 Å². The molecule has 6 nitrogen and oxygen atoms in total. The lowest BCUT2D eigenvalue weighted by Gasteiger charge is -2.30. The summed E-state index contributed by atoms with van der Waals surface area (Å²) in [4.78, 5) is 16.2. The molecule has 1 aromatic heterocycles. The first-order valence-electron chi connectivity index (χ1n) is 8.99. The molecule has 0 radical (unpaired) electrons. The number of sulfonamides is 1. The molecule has 0 spiro atoms. The lowest BCUT2D eigenvalue weighted by atomic mass is 9.97. The van der Waals surface area contributed by atoms with Crippen molar-refractivity contribution in [3.8, 4) is 0 Å². The summed E-state index contributed by atoms with van der Waals surface area (Å²) in [6.07, 6.45) is -2.51. The molecule has 1 aliphatic rings. The molecule has 2 aromatic rings. The van der Waals surface area contributed by atoms with Gasteiger partial charge < -0.3 is 5.32 Å². The highest BCUT2D eigenvalue weighted by Gasteiger charge is 2.35. The minimum Gasteiger partial charge on any atom is -0.310 e. The van der Waals surface area contributed by atoms with E-state index in [1.807, 2.05) is 13.0 Å². The van der Waals surface area contributed by atoms with Crippen molar-refractivity contribution >= 4 is 21.7 Å². The molecule has 10 heteroatoms. The lowest BCUT2D eigenvalue weighted by molar-refractivity contribution is -0.137. The van der Waals surface area contributed by atoms with Crippen LogP contribution in [0.3, 0.4) is 0 Å². The summed E-state index contributed by atoms with van der Waals surface area (Å²) < 4.78 is 65.2. The number of halogens is 3. The van der Waals surface area contributed by atoms with Gasteiger partial charge in [0.2, 0.25) is 15.9 Å². The van der Waals surface area contributed by atoms with Crippen molar-refractivity contribution in [1.82, 2.24) is 9.29 Å². The molecule has 1 amide bonds. The number of carbonyl (C=O) groups is 1. The summed E-state index contributed by atoms with van der Waals surface area (Å²) in [6.45, 7) is 1.92. The maximum Gasteiger partial charge on any atom is 0.416 e. The lowest BCUT2D eigenvalue weighted by Crippen LogP contribution is -2.41. The number of rotatable bonds is 4. The minimum atomic E-state index is -4.62. The van der Waals surface area contributed by atoms with Gasteiger partial charge in [0, 0.05) is 25.2 Å². The maximum absolute atomic E-state index is 12.9. The van der Waals surface area contributed by atoms with Crippen LogP contribution in [-0.2, 0) is 21.0 Å². The number of aryl methyl sites for hydroxylation is 1. The Hall–Kier alpha value is -2.46. The summed E-state index contributed by atoms with van der Waals surface area (Å²) in [6, 6.07) is 7.25. The molecular formula is C19H20F3N3O3S. The molecule has 0 aliphatic carbocycles. The molecule has 1 fully saturated rings. The third-order valence-corrected chi connectivity index (χ3v) is 6.77. The average Bonchev–Trinajstić information content (AvgIpc) is 2.69. The van der Waals surface area contributed by atoms with Gasteiger partial charge in [0.15, 0.2) is 0 Å². The van der Waals surface area contributed by atoms with Gasteiger partial charge in [-0.3, -0.25) is 4.79 Å². The summed E-state index contributed by atoms with van der Waals surface area (Å²) >= 11 is 0. The fraction of sp³-hybridized carbons (Fsp3) is 0.368. The van der Waals surface area contributed by atoms with Crippen molar-refractivity contribution < 1.29 is 26.4 Å². The predicted molar refractivity (Wildman–Crippen MR) is 101 cm³/mol. The number of carbonyl (C=O) groups excluding carboxylic acids is 1. The number of hydrogen-bond acceptors (Lipinski definition) is 4. The number of hydrogen-bond donors (Lipinski definition) is 1. The van der Waals surface area contributed by atoms with E-state index in [1.165, 1.54) is 0 Å². The zero-order valence-corrected chi connectivity index (χ0v) is 16.4. The fourth-order valence-electron chi connectivity index (χ4n) is 3.18. The van der Waals surface area contributed by atoms with E-state index in [4.69, 9.17) is 0 Å². The van der Waals surface area contributed by atoms with Crippen LogP contribution < -0.4 is 5.32 Å². The molecule has 0 bridgehead atoms. The standard InChI is InChI=1S/C19H20F3N3O3S/c1-13-4-3-9-23-17(13)24-18(26)14-7-10-25(11-8-14)29(27,28)16-6-2-5-15(12-16)19(20,21)22/h2-6,9,12,14H,7-8,10-11H2,1H3,(H,23,24,26). The fourth-order valence-corrected chi connectivity index (χ4v) is 4.69. The van der Waals surface area contributed by atoms with E-state index in [-0.39, 0.29) is 31.8 Å². The number of piperidine rings is 1. The number of pyridine rings is 1. The minimum absolute atomic E-state index is 0.0534. The molecule has 0 unspecified atom stereocenters. The van der Waals surface area contributed by atoms with Crippen LogP contribution in [0.1, 0.15) is 24.0 Å². The molecule has 1 N–H and O–H groups in total. The number of amides is 1. The van der Waals surface area contributed by atoms with Gasteiger partial charge in [-0.2, -0.15) is 17.5 Å². The van der Waals surface area contributed by atoms with Crippen LogP contribution in [0.2, 0.25) is 0 Å². The quantitative estimate of drug-likeness (QED) is 0.811. The first-order valence-corrected chi connectivity index (χ1v) is 10.4. The van der Waals surface area contributed by atoms with Crippen LogP contribution in [0.15, 0.2) is 47.5 Å². The van der Waals surface area contributed by atoms with E-state index >= 15 is 0 Å². The zero-order valence-electron chi connectivity index (χ0n) is 15.6. The monoisotopic (exact) mass is 427 g/mol. The molecule has 2 heterocycles. The van der Waals surface area contributed by atoms with Crippen molar-refractivity contribution in [1.29, 1.82) is 0 Å². The Bertz CT molecular complexity index is 1000. The van der Waals surface area contributed by atoms with Gasteiger partial charge in [0.25, 0.3) is 0 Å². The van der Waals surface area contributed by atoms with Crippen LogP contribution in [0.25, 0.3) is 0 Å². The topological polar surface area (TPSA) is 79.4 Å². The number of aromatic nitrogens is 1. The first-order chi connectivity index (χ1) is 13.6. The summed E-state index contributed by atoms with van der Waals surface area (Å²) in [5.41, 5.74) is -0.205. The Morgan fingerprint density at radius 2 is 1.86 bits per heavy atom. The number of benzene rings is 1. The molecule has 0 atom stereocenters. The Morgan fingerprint density at radius 3 is 2.48 bits per heavy atom. The smallest absolute Gasteiger partial charge is 0.310 e. The van der Waals surface area contributed by atoms with E-state index in [2.05, 4.69) is 10.3 Å². The van der Waals surface area contributed by atoms with E-state index in [9.17, 15) is 26.4 Å². The van der Waals surface area contributed by atoms with E-state index in [0.29, 0.717) is 11.9 Å². The van der Waals surface area contributed by atoms with Crippen LogP contribution in [-0.4, -0.2) is 36.7 Å². The van der Waals surface area contributed by atoms with Crippen LogP contribution in [0, 0.1) is 12.8 Å². The van der Waals surface area contributed by atoms with Crippen LogP contribution in [0.5, 0.6) is 0 Å². The van der Waals surface area contributed by atoms with E-state index < -0.39 is 32.6 Å². The summed E-state index contributed by atoms with van der Waals surface area (Å²) in [5, 5.41) is 2.75. The Kier molecular flexibility index (Phi) is 5.95. The largest absolute Gasteiger partial charge is 0.416 e. The van der Waals surface area contributed by atoms with Gasteiger partial charge in [-0.25, -0.2) is 13.4 Å². The molecule has 1 saturated heterocycles. The Labute approximate surface area is 166 Å². The third-order valence-electron chi connectivity index (χ3n) is 4.87. The second-order valence-electron chi connectivity index (χ2n) is 6.86. The zero-order chi connectivity index (χ0) is 21.2. The third kappa shape index (κ3) is 4.76. The molecule has 1 aromatic carbocycles. The molecule has 156 valence electrons. The molecule has 29 heavy (non-hydrogen) atoms. The summed E-state index contributed by atoms with van der Waals surface area (Å²) in [7, 11) is -4.07. The number of nitrogens with zero attached hydrogens (tertiary/aromatic N) is 2. The van der Waals surface area contributed by atoms with Crippen molar-refractivity contribution in [2.24, 2.45) is 5.92 Å². The van der Waals surface area contributed by atoms with E-state index in [0.717, 1.165) is 28.1 Å². The van der Waals surface area contributed by atoms with Crippen LogP contribution in [0.4, 0.5) is 19.0 Å². The number of nitrogens with one attached hydrogen (secondary N) is 1. The highest BCUT2D eigenvalue weighted by atomic mass is 32.2. The highest BCUT2D eigenvalue weighted by Crippen LogP contribution is 2.32. The molecule has 1 aliphatic heterocycles. The second kappa shape index (κ2) is 8.11. The molecule has 3 rings (SSSR count). The van der Waals surface area contributed by atoms with Gasteiger partial charge in [-0.15, -0.1) is 0 Å². The van der Waals surface area contributed by atoms with Gasteiger partial charge in [0.05, 0.1) is 10.5 Å². The number of alkyl halides is 3. The second-order valence-corrected chi connectivity index (χ2v) is 8.80. The van der Waals surface area contributed by atoms with Gasteiger partial charge in [-0.05, 0) is 49.6 Å². The van der Waals surface area contributed by atoms with Crippen molar-refractivity contribution in [2.75, 3.05) is 18.4 Å². The van der Waals surface area contributed by atoms with E-state index in [1.54, 1.807) is 12.3 Å². The van der Waals surface area contributed by atoms with Gasteiger partial charge in [0.1, 0.15) is 5.82 Å². The van der Waals surface area contributed by atoms with Crippen molar-refractivity contribution in [3.05, 3.63) is 53.7 Å². The van der Waals surface area contributed by atoms with Crippen molar-refractivity contribution in [3.63, 3.8) is 0 Å². The molecular weight excluding hydrogens is 407 g/mol. The first kappa shape index (κ1) is 21.3. The maximum atomic E-state index is 12.9. The Morgan fingerprint density at radius 1 is 1.17 bits per heavy atom. The SMILES string of the molecule is Cc1cccnc1NC(=O)C1CCN(S(=O)(=O)c2cccc(C(F)(F)F)c2)CC1. The molecule has 0 saturated carbocycles. The van der Waals surface area contributed by atoms with Crippen LogP contribution >= 0.6 is 0 Å². The normalized spacial score (nSPS) is 16.6. The highest BCUT2D eigenvalue weighted by molar-refractivity contribution is 7.89. The van der Waals surface area contributed by atoms with Crippen molar-refractivity contribution in [2.45, 2.75) is 30.8 Å².